The monoisotopic (exact) mass is 346 g/mol. The lowest BCUT2D eigenvalue weighted by molar-refractivity contribution is 0.0945. The molecule has 2 N–H and O–H groups in total. The number of hydrogen-bond acceptors (Lipinski definition) is 4. The van der Waals surface area contributed by atoms with E-state index in [0.29, 0.717) is 23.4 Å². The van der Waals surface area contributed by atoms with Crippen LogP contribution in [0.25, 0.3) is 0 Å². The van der Waals surface area contributed by atoms with E-state index in [9.17, 15) is 4.79 Å². The molecule has 3 rings (SSSR count). The van der Waals surface area contributed by atoms with Crippen LogP contribution < -0.4 is 10.6 Å². The zero-order chi connectivity index (χ0) is 14.8. The molecule has 1 aromatic carbocycles. The summed E-state index contributed by atoms with van der Waals surface area (Å²) in [6, 6.07) is 9.73. The van der Waals surface area contributed by atoms with Crippen LogP contribution in [0.2, 0.25) is 0 Å². The van der Waals surface area contributed by atoms with Gasteiger partial charge in [0.05, 0.1) is 5.69 Å². The van der Waals surface area contributed by atoms with Gasteiger partial charge in [0.25, 0.3) is 5.91 Å². The zero-order valence-corrected chi connectivity index (χ0v) is 13.1. The Morgan fingerprint density at radius 3 is 2.76 bits per heavy atom. The van der Waals surface area contributed by atoms with Crippen LogP contribution in [0.5, 0.6) is 0 Å². The molecule has 1 aliphatic rings. The van der Waals surface area contributed by atoms with Crippen LogP contribution in [-0.4, -0.2) is 21.9 Å². The SMILES string of the molecule is Cc1nc(Nc2ccccc2Br)cc(C(=O)NC2CC2)n1. The molecule has 21 heavy (non-hydrogen) atoms. The van der Waals surface area contributed by atoms with Gasteiger partial charge < -0.3 is 10.6 Å². The molecule has 0 aliphatic heterocycles. The Morgan fingerprint density at radius 2 is 2.05 bits per heavy atom. The third-order valence-corrected chi connectivity index (χ3v) is 3.81. The minimum Gasteiger partial charge on any atom is -0.348 e. The Bertz CT molecular complexity index is 685. The molecule has 0 radical (unpaired) electrons. The summed E-state index contributed by atoms with van der Waals surface area (Å²) in [7, 11) is 0. The molecule has 1 aromatic heterocycles. The molecule has 1 aliphatic carbocycles. The summed E-state index contributed by atoms with van der Waals surface area (Å²) in [6.07, 6.45) is 2.11. The van der Waals surface area contributed by atoms with Crippen LogP contribution >= 0.6 is 15.9 Å². The summed E-state index contributed by atoms with van der Waals surface area (Å²) in [4.78, 5) is 20.6. The van der Waals surface area contributed by atoms with Crippen molar-refractivity contribution in [2.45, 2.75) is 25.8 Å². The fourth-order valence-corrected chi connectivity index (χ4v) is 2.32. The smallest absolute Gasteiger partial charge is 0.270 e. The van der Waals surface area contributed by atoms with E-state index < -0.39 is 0 Å². The number of hydrogen-bond donors (Lipinski definition) is 2. The molecule has 2 aromatic rings. The number of amides is 1. The Morgan fingerprint density at radius 1 is 1.29 bits per heavy atom. The summed E-state index contributed by atoms with van der Waals surface area (Å²) < 4.78 is 0.935. The van der Waals surface area contributed by atoms with Crippen LogP contribution in [0.1, 0.15) is 29.2 Å². The van der Waals surface area contributed by atoms with Gasteiger partial charge in [-0.2, -0.15) is 0 Å². The Hall–Kier alpha value is -1.95. The van der Waals surface area contributed by atoms with E-state index in [2.05, 4.69) is 36.5 Å². The van der Waals surface area contributed by atoms with Gasteiger partial charge in [-0.3, -0.25) is 4.79 Å². The second-order valence-electron chi connectivity index (χ2n) is 5.04. The molecular weight excluding hydrogens is 332 g/mol. The number of para-hydroxylation sites is 1. The lowest BCUT2D eigenvalue weighted by Gasteiger charge is -2.10. The molecule has 0 unspecified atom stereocenters. The van der Waals surface area contributed by atoms with Crippen molar-refractivity contribution < 1.29 is 4.79 Å². The van der Waals surface area contributed by atoms with E-state index in [4.69, 9.17) is 0 Å². The number of aromatic nitrogens is 2. The molecule has 1 saturated carbocycles. The summed E-state index contributed by atoms with van der Waals surface area (Å²) in [5, 5.41) is 6.13. The summed E-state index contributed by atoms with van der Waals surface area (Å²) >= 11 is 3.48. The molecule has 6 heteroatoms. The van der Waals surface area contributed by atoms with Gasteiger partial charge in [0, 0.05) is 16.6 Å². The van der Waals surface area contributed by atoms with Crippen LogP contribution in [0.4, 0.5) is 11.5 Å². The number of nitrogens with zero attached hydrogens (tertiary/aromatic N) is 2. The van der Waals surface area contributed by atoms with Crippen LogP contribution in [0.3, 0.4) is 0 Å². The predicted octanol–water partition coefficient (Wildman–Crippen LogP) is 3.18. The van der Waals surface area contributed by atoms with E-state index in [-0.39, 0.29) is 5.91 Å². The molecule has 1 amide bonds. The topological polar surface area (TPSA) is 66.9 Å². The van der Waals surface area contributed by atoms with Gasteiger partial charge in [-0.25, -0.2) is 9.97 Å². The van der Waals surface area contributed by atoms with Gasteiger partial charge in [0.2, 0.25) is 0 Å². The van der Waals surface area contributed by atoms with Gasteiger partial charge >= 0.3 is 0 Å². The highest BCUT2D eigenvalue weighted by atomic mass is 79.9. The first-order valence-electron chi connectivity index (χ1n) is 6.80. The zero-order valence-electron chi connectivity index (χ0n) is 11.6. The minimum atomic E-state index is -0.141. The molecule has 0 atom stereocenters. The molecule has 0 bridgehead atoms. The number of rotatable bonds is 4. The standard InChI is InChI=1S/C15H15BrN4O/c1-9-17-13(15(21)19-10-6-7-10)8-14(18-9)20-12-5-3-2-4-11(12)16/h2-5,8,10H,6-7H2,1H3,(H,19,21)(H,17,18,20). The van der Waals surface area contributed by atoms with E-state index in [1.807, 2.05) is 24.3 Å². The molecule has 5 nitrogen and oxygen atoms in total. The second-order valence-corrected chi connectivity index (χ2v) is 5.89. The highest BCUT2D eigenvalue weighted by Gasteiger charge is 2.24. The largest absolute Gasteiger partial charge is 0.348 e. The third kappa shape index (κ3) is 3.58. The van der Waals surface area contributed by atoms with Crippen molar-refractivity contribution in [1.29, 1.82) is 0 Å². The fourth-order valence-electron chi connectivity index (χ4n) is 1.94. The van der Waals surface area contributed by atoms with Crippen molar-refractivity contribution in [2.24, 2.45) is 0 Å². The normalized spacial score (nSPS) is 13.8. The number of benzene rings is 1. The van der Waals surface area contributed by atoms with Crippen molar-refractivity contribution in [1.82, 2.24) is 15.3 Å². The first-order chi connectivity index (χ1) is 10.1. The maximum absolute atomic E-state index is 12.1. The fraction of sp³-hybridized carbons (Fsp3) is 0.267. The Balaban J connectivity index is 1.83. The third-order valence-electron chi connectivity index (χ3n) is 3.12. The average molecular weight is 347 g/mol. The molecular formula is C15H15BrN4O. The number of carbonyl (C=O) groups excluding carboxylic acids is 1. The number of anilines is 2. The van der Waals surface area contributed by atoms with E-state index in [0.717, 1.165) is 23.0 Å². The van der Waals surface area contributed by atoms with E-state index >= 15 is 0 Å². The highest BCUT2D eigenvalue weighted by molar-refractivity contribution is 9.10. The second kappa shape index (κ2) is 5.81. The van der Waals surface area contributed by atoms with Crippen molar-refractivity contribution in [3.63, 3.8) is 0 Å². The van der Waals surface area contributed by atoms with Gasteiger partial charge in [0.1, 0.15) is 17.3 Å². The minimum absolute atomic E-state index is 0.141. The molecule has 0 spiro atoms. The molecule has 0 saturated heterocycles. The van der Waals surface area contributed by atoms with E-state index in [1.54, 1.807) is 13.0 Å². The Kier molecular flexibility index (Phi) is 3.88. The maximum Gasteiger partial charge on any atom is 0.270 e. The average Bonchev–Trinajstić information content (AvgIpc) is 3.25. The van der Waals surface area contributed by atoms with Crippen molar-refractivity contribution in [3.05, 3.63) is 46.3 Å². The van der Waals surface area contributed by atoms with E-state index in [1.165, 1.54) is 0 Å². The first kappa shape index (κ1) is 14.0. The summed E-state index contributed by atoms with van der Waals surface area (Å²) in [5.41, 5.74) is 1.29. The van der Waals surface area contributed by atoms with Gasteiger partial charge in [-0.05, 0) is 47.8 Å². The van der Waals surface area contributed by atoms with Crippen LogP contribution in [0.15, 0.2) is 34.8 Å². The van der Waals surface area contributed by atoms with Crippen molar-refractivity contribution in [3.8, 4) is 0 Å². The number of aryl methyl sites for hydroxylation is 1. The molecule has 1 fully saturated rings. The van der Waals surface area contributed by atoms with Crippen LogP contribution in [-0.2, 0) is 0 Å². The summed E-state index contributed by atoms with van der Waals surface area (Å²) in [6.45, 7) is 1.78. The van der Waals surface area contributed by atoms with Gasteiger partial charge in [0.15, 0.2) is 0 Å². The number of nitrogens with one attached hydrogen (secondary N) is 2. The Labute approximate surface area is 131 Å². The van der Waals surface area contributed by atoms with Gasteiger partial charge in [-0.1, -0.05) is 12.1 Å². The van der Waals surface area contributed by atoms with Crippen molar-refractivity contribution >= 4 is 33.3 Å². The quantitative estimate of drug-likeness (QED) is 0.892. The number of halogens is 1. The van der Waals surface area contributed by atoms with Crippen LogP contribution in [0, 0.1) is 6.92 Å². The van der Waals surface area contributed by atoms with Gasteiger partial charge in [-0.15, -0.1) is 0 Å². The first-order valence-corrected chi connectivity index (χ1v) is 7.59. The molecule has 1 heterocycles. The summed E-state index contributed by atoms with van der Waals surface area (Å²) in [5.74, 6) is 1.03. The lowest BCUT2D eigenvalue weighted by atomic mass is 10.3. The lowest BCUT2D eigenvalue weighted by Crippen LogP contribution is -2.26. The highest BCUT2D eigenvalue weighted by Crippen LogP contribution is 2.25. The molecule has 108 valence electrons. The van der Waals surface area contributed by atoms with Crippen molar-refractivity contribution in [2.75, 3.05) is 5.32 Å². The predicted molar refractivity (Wildman–Crippen MR) is 84.7 cm³/mol. The number of carbonyl (C=O) groups is 1. The maximum atomic E-state index is 12.1.